The Labute approximate surface area is 215 Å². The van der Waals surface area contributed by atoms with Crippen LogP contribution in [-0.2, 0) is 19.1 Å². The van der Waals surface area contributed by atoms with Gasteiger partial charge in [0.1, 0.15) is 17.7 Å². The molecule has 4 N–H and O–H groups in total. The minimum Gasteiger partial charge on any atom is -0.444 e. The molecule has 0 aliphatic heterocycles. The molecular formula is C27H44N4O5. The van der Waals surface area contributed by atoms with Gasteiger partial charge in [0.05, 0.1) is 0 Å². The molecule has 36 heavy (non-hydrogen) atoms. The summed E-state index contributed by atoms with van der Waals surface area (Å²) in [6.45, 7) is 14.9. The van der Waals surface area contributed by atoms with Crippen LogP contribution in [-0.4, -0.2) is 52.4 Å². The maximum Gasteiger partial charge on any atom is 0.408 e. The topological polar surface area (TPSA) is 131 Å². The molecule has 0 aromatic heterocycles. The van der Waals surface area contributed by atoms with Crippen LogP contribution >= 0.6 is 0 Å². The first kappa shape index (κ1) is 30.9. The first-order valence-corrected chi connectivity index (χ1v) is 12.5. The van der Waals surface area contributed by atoms with Crippen LogP contribution in [0.2, 0.25) is 0 Å². The number of primary amides is 1. The maximum atomic E-state index is 14.0. The van der Waals surface area contributed by atoms with Crippen molar-refractivity contribution in [3.05, 3.63) is 35.4 Å². The van der Waals surface area contributed by atoms with E-state index in [1.807, 2.05) is 58.9 Å². The number of ether oxygens (including phenoxy) is 1. The monoisotopic (exact) mass is 504 g/mol. The van der Waals surface area contributed by atoms with E-state index in [-0.39, 0.29) is 25.3 Å². The zero-order valence-corrected chi connectivity index (χ0v) is 23.1. The van der Waals surface area contributed by atoms with Crippen molar-refractivity contribution in [2.24, 2.45) is 5.73 Å². The number of carbonyl (C=O) groups excluding carboxylic acids is 4. The molecular weight excluding hydrogens is 460 g/mol. The summed E-state index contributed by atoms with van der Waals surface area (Å²) in [7, 11) is 0. The lowest BCUT2D eigenvalue weighted by Crippen LogP contribution is -2.55. The summed E-state index contributed by atoms with van der Waals surface area (Å²) in [5, 5.41) is 5.59. The predicted octanol–water partition coefficient (Wildman–Crippen LogP) is 3.74. The molecule has 0 saturated heterocycles. The average molecular weight is 505 g/mol. The summed E-state index contributed by atoms with van der Waals surface area (Å²) in [4.78, 5) is 53.1. The van der Waals surface area contributed by atoms with E-state index in [0.717, 1.165) is 12.0 Å². The van der Waals surface area contributed by atoms with Gasteiger partial charge in [-0.1, -0.05) is 43.2 Å². The zero-order valence-electron chi connectivity index (χ0n) is 23.1. The van der Waals surface area contributed by atoms with Crippen LogP contribution in [0.3, 0.4) is 0 Å². The molecule has 1 rings (SSSR count). The lowest BCUT2D eigenvalue weighted by atomic mass is 9.98. The molecule has 1 aromatic carbocycles. The van der Waals surface area contributed by atoms with Crippen molar-refractivity contribution < 1.29 is 23.9 Å². The molecule has 0 radical (unpaired) electrons. The van der Waals surface area contributed by atoms with Crippen molar-refractivity contribution in [3.8, 4) is 0 Å². The second-order valence-electron chi connectivity index (χ2n) is 11.1. The van der Waals surface area contributed by atoms with E-state index in [2.05, 4.69) is 10.6 Å². The Morgan fingerprint density at radius 1 is 1.08 bits per heavy atom. The largest absolute Gasteiger partial charge is 0.444 e. The quantitative estimate of drug-likeness (QED) is 0.423. The molecule has 0 heterocycles. The van der Waals surface area contributed by atoms with Gasteiger partial charge in [0.25, 0.3) is 0 Å². The number of aryl methyl sites for hydroxylation is 1. The summed E-state index contributed by atoms with van der Waals surface area (Å²) in [6, 6.07) is 5.41. The molecule has 2 unspecified atom stereocenters. The Kier molecular flexibility index (Phi) is 11.4. The normalized spacial score (nSPS) is 13.3. The fourth-order valence-electron chi connectivity index (χ4n) is 3.64. The van der Waals surface area contributed by atoms with E-state index < -0.39 is 41.1 Å². The number of amides is 4. The molecule has 0 spiro atoms. The van der Waals surface area contributed by atoms with Gasteiger partial charge >= 0.3 is 6.09 Å². The SMILES string of the molecule is CCCCN(C(=O)C(CCC(N)=O)NC(=O)OC(C)(C)C)C(C(=O)NC(C)(C)C)c1cccc(C)c1. The van der Waals surface area contributed by atoms with Crippen molar-refractivity contribution >= 4 is 23.8 Å². The van der Waals surface area contributed by atoms with Gasteiger partial charge in [0.2, 0.25) is 17.7 Å². The predicted molar refractivity (Wildman–Crippen MR) is 140 cm³/mol. The Morgan fingerprint density at radius 2 is 1.72 bits per heavy atom. The van der Waals surface area contributed by atoms with Crippen LogP contribution in [0, 0.1) is 6.92 Å². The van der Waals surface area contributed by atoms with E-state index in [9.17, 15) is 19.2 Å². The molecule has 0 bridgehead atoms. The van der Waals surface area contributed by atoms with Gasteiger partial charge in [-0.2, -0.15) is 0 Å². The number of alkyl carbamates (subject to hydrolysis) is 1. The van der Waals surface area contributed by atoms with Crippen LogP contribution in [0.15, 0.2) is 24.3 Å². The first-order chi connectivity index (χ1) is 16.5. The first-order valence-electron chi connectivity index (χ1n) is 12.5. The van der Waals surface area contributed by atoms with E-state index in [4.69, 9.17) is 10.5 Å². The summed E-state index contributed by atoms with van der Waals surface area (Å²) >= 11 is 0. The number of nitrogens with one attached hydrogen (secondary N) is 2. The maximum absolute atomic E-state index is 14.0. The minimum atomic E-state index is -1.10. The lowest BCUT2D eigenvalue weighted by Gasteiger charge is -2.36. The fourth-order valence-corrected chi connectivity index (χ4v) is 3.64. The molecule has 4 amide bonds. The van der Waals surface area contributed by atoms with Crippen molar-refractivity contribution in [1.82, 2.24) is 15.5 Å². The minimum absolute atomic E-state index is 0.0164. The highest BCUT2D eigenvalue weighted by molar-refractivity contribution is 5.92. The third-order valence-corrected chi connectivity index (χ3v) is 5.12. The second-order valence-corrected chi connectivity index (χ2v) is 11.1. The number of hydrogen-bond acceptors (Lipinski definition) is 5. The molecule has 9 nitrogen and oxygen atoms in total. The standard InChI is InChI=1S/C27H44N4O5/c1-9-10-16-31(22(23(33)30-26(3,4)5)19-13-11-12-18(2)17-19)24(34)20(14-15-21(28)32)29-25(35)36-27(6,7)8/h11-13,17,20,22H,9-10,14-16H2,1-8H3,(H2,28,32)(H,29,35)(H,30,33). The summed E-state index contributed by atoms with van der Waals surface area (Å²) < 4.78 is 5.34. The zero-order chi connectivity index (χ0) is 27.7. The Morgan fingerprint density at radius 3 is 2.22 bits per heavy atom. The van der Waals surface area contributed by atoms with Gasteiger partial charge in [-0.25, -0.2) is 4.79 Å². The van der Waals surface area contributed by atoms with Crippen molar-refractivity contribution in [3.63, 3.8) is 0 Å². The molecule has 0 fully saturated rings. The molecule has 0 saturated carbocycles. The van der Waals surface area contributed by atoms with Gasteiger partial charge in [-0.05, 0) is 66.9 Å². The number of nitrogens with two attached hydrogens (primary N) is 1. The van der Waals surface area contributed by atoms with E-state index in [1.54, 1.807) is 20.8 Å². The van der Waals surface area contributed by atoms with Crippen LogP contribution in [0.5, 0.6) is 0 Å². The van der Waals surface area contributed by atoms with Crippen LogP contribution < -0.4 is 16.4 Å². The Balaban J connectivity index is 3.51. The summed E-state index contributed by atoms with van der Waals surface area (Å²) in [5.41, 5.74) is 5.64. The number of hydrogen-bond donors (Lipinski definition) is 3. The molecule has 1 aromatic rings. The van der Waals surface area contributed by atoms with Crippen LogP contribution in [0.1, 0.15) is 91.3 Å². The molecule has 2 atom stereocenters. The van der Waals surface area contributed by atoms with Gasteiger partial charge < -0.3 is 26.0 Å². The third-order valence-electron chi connectivity index (χ3n) is 5.12. The average Bonchev–Trinajstić information content (AvgIpc) is 2.70. The molecule has 0 aliphatic carbocycles. The molecule has 0 aliphatic rings. The number of benzene rings is 1. The second kappa shape index (κ2) is 13.3. The highest BCUT2D eigenvalue weighted by atomic mass is 16.6. The molecule has 9 heteroatoms. The van der Waals surface area contributed by atoms with Gasteiger partial charge in [-0.3, -0.25) is 14.4 Å². The highest BCUT2D eigenvalue weighted by Crippen LogP contribution is 2.26. The smallest absolute Gasteiger partial charge is 0.408 e. The van der Waals surface area contributed by atoms with Gasteiger partial charge in [-0.15, -0.1) is 0 Å². The van der Waals surface area contributed by atoms with Crippen LogP contribution in [0.4, 0.5) is 4.79 Å². The highest BCUT2D eigenvalue weighted by Gasteiger charge is 2.37. The van der Waals surface area contributed by atoms with Gasteiger partial charge in [0.15, 0.2) is 0 Å². The lowest BCUT2D eigenvalue weighted by molar-refractivity contribution is -0.143. The van der Waals surface area contributed by atoms with Crippen molar-refractivity contribution in [2.45, 2.75) is 104 Å². The van der Waals surface area contributed by atoms with E-state index in [0.29, 0.717) is 12.0 Å². The Bertz CT molecular complexity index is 917. The number of carbonyl (C=O) groups is 4. The number of nitrogens with zero attached hydrogens (tertiary/aromatic N) is 1. The number of rotatable bonds is 11. The number of unbranched alkanes of at least 4 members (excludes halogenated alkanes) is 1. The summed E-state index contributed by atoms with van der Waals surface area (Å²) in [5.74, 6) is -1.41. The van der Waals surface area contributed by atoms with Gasteiger partial charge in [0, 0.05) is 18.5 Å². The molecule has 202 valence electrons. The van der Waals surface area contributed by atoms with E-state index in [1.165, 1.54) is 4.90 Å². The van der Waals surface area contributed by atoms with Crippen molar-refractivity contribution in [2.75, 3.05) is 6.54 Å². The fraction of sp³-hybridized carbons (Fsp3) is 0.630. The van der Waals surface area contributed by atoms with Crippen LogP contribution in [0.25, 0.3) is 0 Å². The Hall–Kier alpha value is -3.10. The van der Waals surface area contributed by atoms with E-state index >= 15 is 0 Å². The van der Waals surface area contributed by atoms with Crippen molar-refractivity contribution in [1.29, 1.82) is 0 Å². The summed E-state index contributed by atoms with van der Waals surface area (Å²) in [6.07, 6.45) is 0.517. The third kappa shape index (κ3) is 11.1.